The Morgan fingerprint density at radius 1 is 1.17 bits per heavy atom. The number of carbonyl (C=O) groups is 1. The minimum absolute atomic E-state index is 0.221. The van der Waals surface area contributed by atoms with E-state index in [-0.39, 0.29) is 5.75 Å². The van der Waals surface area contributed by atoms with E-state index in [4.69, 9.17) is 4.74 Å². The molecule has 18 heavy (non-hydrogen) atoms. The maximum atomic E-state index is 10.7. The van der Waals surface area contributed by atoms with Gasteiger partial charge in [0.05, 0.1) is 7.11 Å². The van der Waals surface area contributed by atoms with Crippen LogP contribution in [0.15, 0.2) is 42.5 Å². The molecular weight excluding hydrogens is 228 g/mol. The van der Waals surface area contributed by atoms with Crippen LogP contribution in [0.25, 0.3) is 11.1 Å². The molecule has 2 aromatic rings. The van der Waals surface area contributed by atoms with Crippen molar-refractivity contribution in [1.29, 1.82) is 0 Å². The molecule has 3 nitrogen and oxygen atoms in total. The molecule has 2 aromatic carbocycles. The summed E-state index contributed by atoms with van der Waals surface area (Å²) in [6, 6.07) is 12.5. The molecule has 0 amide bonds. The number of aldehydes is 1. The Morgan fingerprint density at radius 3 is 2.50 bits per heavy atom. The van der Waals surface area contributed by atoms with Crippen LogP contribution in [0.2, 0.25) is 0 Å². The molecule has 0 fully saturated rings. The van der Waals surface area contributed by atoms with Gasteiger partial charge in [0.25, 0.3) is 0 Å². The fourth-order valence-corrected chi connectivity index (χ4v) is 1.86. The van der Waals surface area contributed by atoms with Crippen LogP contribution in [-0.2, 0) is 11.2 Å². The average Bonchev–Trinajstić information content (AvgIpc) is 2.40. The second-order valence-corrected chi connectivity index (χ2v) is 3.94. The van der Waals surface area contributed by atoms with E-state index in [0.717, 1.165) is 28.7 Å². The lowest BCUT2D eigenvalue weighted by Crippen LogP contribution is -1.93. The Labute approximate surface area is 106 Å². The highest BCUT2D eigenvalue weighted by Gasteiger charge is 2.07. The fraction of sp³-hybridized carbons (Fsp3) is 0.133. The first kappa shape index (κ1) is 12.2. The highest BCUT2D eigenvalue weighted by atomic mass is 16.5. The van der Waals surface area contributed by atoms with Crippen molar-refractivity contribution in [3.05, 3.63) is 48.0 Å². The van der Waals surface area contributed by atoms with E-state index in [1.807, 2.05) is 30.3 Å². The van der Waals surface area contributed by atoms with Crippen LogP contribution in [0.1, 0.15) is 5.56 Å². The zero-order valence-corrected chi connectivity index (χ0v) is 10.1. The summed E-state index contributed by atoms with van der Waals surface area (Å²) in [4.78, 5) is 10.7. The minimum atomic E-state index is 0.221. The molecule has 0 aliphatic rings. The van der Waals surface area contributed by atoms with Crippen LogP contribution in [0.5, 0.6) is 11.5 Å². The topological polar surface area (TPSA) is 46.5 Å². The van der Waals surface area contributed by atoms with E-state index in [0.29, 0.717) is 6.42 Å². The third-order valence-electron chi connectivity index (χ3n) is 2.80. The Kier molecular flexibility index (Phi) is 3.63. The number of ether oxygens (including phenoxy) is 1. The van der Waals surface area contributed by atoms with Crippen molar-refractivity contribution < 1.29 is 14.6 Å². The lowest BCUT2D eigenvalue weighted by molar-refractivity contribution is -0.107. The van der Waals surface area contributed by atoms with Crippen LogP contribution in [0.3, 0.4) is 0 Å². The number of phenolic OH excluding ortho intramolecular Hbond substituents is 1. The molecule has 1 N–H and O–H groups in total. The molecule has 0 unspecified atom stereocenters. The average molecular weight is 242 g/mol. The van der Waals surface area contributed by atoms with Gasteiger partial charge in [-0.1, -0.05) is 18.2 Å². The largest absolute Gasteiger partial charge is 0.508 e. The predicted molar refractivity (Wildman–Crippen MR) is 69.9 cm³/mol. The second kappa shape index (κ2) is 5.36. The molecule has 0 aliphatic carbocycles. The van der Waals surface area contributed by atoms with Gasteiger partial charge in [0, 0.05) is 6.42 Å². The molecule has 3 heteroatoms. The Hall–Kier alpha value is -2.29. The third-order valence-corrected chi connectivity index (χ3v) is 2.80. The zero-order chi connectivity index (χ0) is 13.0. The van der Waals surface area contributed by atoms with Crippen molar-refractivity contribution in [2.24, 2.45) is 0 Å². The number of rotatable bonds is 4. The summed E-state index contributed by atoms with van der Waals surface area (Å²) in [6.45, 7) is 0. The monoisotopic (exact) mass is 242 g/mol. The quantitative estimate of drug-likeness (QED) is 0.838. The van der Waals surface area contributed by atoms with E-state index < -0.39 is 0 Å². The summed E-state index contributed by atoms with van der Waals surface area (Å²) in [5, 5.41) is 9.30. The minimum Gasteiger partial charge on any atom is -0.508 e. The van der Waals surface area contributed by atoms with Crippen LogP contribution in [0, 0.1) is 0 Å². The van der Waals surface area contributed by atoms with Crippen molar-refractivity contribution in [2.75, 3.05) is 7.11 Å². The van der Waals surface area contributed by atoms with Crippen molar-refractivity contribution in [1.82, 2.24) is 0 Å². The van der Waals surface area contributed by atoms with Gasteiger partial charge in [-0.3, -0.25) is 0 Å². The van der Waals surface area contributed by atoms with Crippen LogP contribution in [0.4, 0.5) is 0 Å². The van der Waals surface area contributed by atoms with Gasteiger partial charge < -0.3 is 14.6 Å². The molecule has 0 heterocycles. The van der Waals surface area contributed by atoms with Gasteiger partial charge in [-0.15, -0.1) is 0 Å². The van der Waals surface area contributed by atoms with Crippen molar-refractivity contribution >= 4 is 6.29 Å². The Bertz CT molecular complexity index is 544. The van der Waals surface area contributed by atoms with Crippen LogP contribution < -0.4 is 4.74 Å². The molecule has 0 saturated heterocycles. The summed E-state index contributed by atoms with van der Waals surface area (Å²) in [5.74, 6) is 0.964. The summed E-state index contributed by atoms with van der Waals surface area (Å²) in [5.41, 5.74) is 2.83. The van der Waals surface area contributed by atoms with Crippen molar-refractivity contribution in [2.45, 2.75) is 6.42 Å². The molecule has 0 atom stereocenters. The summed E-state index contributed by atoms with van der Waals surface area (Å²) in [6.07, 6.45) is 1.24. The molecule has 0 aromatic heterocycles. The summed E-state index contributed by atoms with van der Waals surface area (Å²) < 4.78 is 5.20. The maximum Gasteiger partial charge on any atom is 0.124 e. The first-order valence-corrected chi connectivity index (χ1v) is 5.64. The number of benzene rings is 2. The lowest BCUT2D eigenvalue weighted by Gasteiger charge is -2.10. The van der Waals surface area contributed by atoms with E-state index in [2.05, 4.69) is 0 Å². The first-order valence-electron chi connectivity index (χ1n) is 5.64. The van der Waals surface area contributed by atoms with E-state index in [1.54, 1.807) is 19.2 Å². The maximum absolute atomic E-state index is 10.7. The van der Waals surface area contributed by atoms with Gasteiger partial charge >= 0.3 is 0 Å². The van der Waals surface area contributed by atoms with Gasteiger partial charge in [0.1, 0.15) is 17.8 Å². The third kappa shape index (κ3) is 2.51. The van der Waals surface area contributed by atoms with Gasteiger partial charge in [0.15, 0.2) is 0 Å². The number of aromatic hydroxyl groups is 1. The van der Waals surface area contributed by atoms with Crippen LogP contribution >= 0.6 is 0 Å². The van der Waals surface area contributed by atoms with E-state index in [9.17, 15) is 9.90 Å². The molecule has 0 radical (unpaired) electrons. The van der Waals surface area contributed by atoms with Crippen molar-refractivity contribution in [3.63, 3.8) is 0 Å². The van der Waals surface area contributed by atoms with E-state index in [1.165, 1.54) is 0 Å². The molecular formula is C15H14O3. The highest BCUT2D eigenvalue weighted by Crippen LogP contribution is 2.29. The standard InChI is InChI=1S/C15H14O3/c1-18-14-7-4-12(8-9-16)15(10-14)11-2-5-13(17)6-3-11/h2-7,9-10,17H,8H2,1H3. The molecule has 0 aliphatic heterocycles. The predicted octanol–water partition coefficient (Wildman–Crippen LogP) is 2.81. The first-order chi connectivity index (χ1) is 8.74. The molecule has 0 spiro atoms. The number of carbonyl (C=O) groups excluding carboxylic acids is 1. The summed E-state index contributed by atoms with van der Waals surface area (Å²) in [7, 11) is 1.61. The van der Waals surface area contributed by atoms with Crippen molar-refractivity contribution in [3.8, 4) is 22.6 Å². The number of hydrogen-bond acceptors (Lipinski definition) is 3. The Morgan fingerprint density at radius 2 is 1.89 bits per heavy atom. The van der Waals surface area contributed by atoms with Gasteiger partial charge in [-0.05, 0) is 41.0 Å². The fourth-order valence-electron chi connectivity index (χ4n) is 1.86. The highest BCUT2D eigenvalue weighted by molar-refractivity contribution is 5.73. The molecule has 0 bridgehead atoms. The number of methoxy groups -OCH3 is 1. The summed E-state index contributed by atoms with van der Waals surface area (Å²) >= 11 is 0. The normalized spacial score (nSPS) is 10.1. The smallest absolute Gasteiger partial charge is 0.124 e. The molecule has 0 saturated carbocycles. The van der Waals surface area contributed by atoms with Crippen LogP contribution in [-0.4, -0.2) is 18.5 Å². The molecule has 2 rings (SSSR count). The Balaban J connectivity index is 2.51. The number of phenols is 1. The zero-order valence-electron chi connectivity index (χ0n) is 10.1. The molecule has 92 valence electrons. The lowest BCUT2D eigenvalue weighted by atomic mass is 9.97. The van der Waals surface area contributed by atoms with Gasteiger partial charge in [-0.2, -0.15) is 0 Å². The number of hydrogen-bond donors (Lipinski definition) is 1. The van der Waals surface area contributed by atoms with Gasteiger partial charge in [0.2, 0.25) is 0 Å². The van der Waals surface area contributed by atoms with Gasteiger partial charge in [-0.25, -0.2) is 0 Å². The second-order valence-electron chi connectivity index (χ2n) is 3.94. The van der Waals surface area contributed by atoms with E-state index >= 15 is 0 Å². The SMILES string of the molecule is COc1ccc(CC=O)c(-c2ccc(O)cc2)c1.